The van der Waals surface area contributed by atoms with Crippen LogP contribution in [0.25, 0.3) is 0 Å². The Morgan fingerprint density at radius 1 is 0.846 bits per heavy atom. The summed E-state index contributed by atoms with van der Waals surface area (Å²) >= 11 is 5.86. The lowest BCUT2D eigenvalue weighted by Crippen LogP contribution is -2.28. The number of carbonyl (C=O) groups is 1. The Kier molecular flexibility index (Phi) is 6.29. The fourth-order valence-electron chi connectivity index (χ4n) is 2.60. The van der Waals surface area contributed by atoms with Gasteiger partial charge in [0, 0.05) is 18.0 Å². The van der Waals surface area contributed by atoms with Crippen LogP contribution in [0.3, 0.4) is 0 Å². The summed E-state index contributed by atoms with van der Waals surface area (Å²) in [6.07, 6.45) is 0.767. The van der Waals surface area contributed by atoms with Crippen molar-refractivity contribution in [3.05, 3.63) is 101 Å². The molecule has 0 radical (unpaired) electrons. The summed E-state index contributed by atoms with van der Waals surface area (Å²) in [4.78, 5) is 12.1. The number of benzene rings is 3. The number of nitrogens with one attached hydrogen (secondary N) is 1. The van der Waals surface area contributed by atoms with Crippen LogP contribution in [-0.4, -0.2) is 12.5 Å². The van der Waals surface area contributed by atoms with Crippen molar-refractivity contribution in [3.8, 4) is 5.75 Å². The highest BCUT2D eigenvalue weighted by molar-refractivity contribution is 6.30. The van der Waals surface area contributed by atoms with Gasteiger partial charge in [-0.15, -0.1) is 0 Å². The molecule has 0 aliphatic carbocycles. The summed E-state index contributed by atoms with van der Waals surface area (Å²) in [5, 5.41) is 3.53. The number of hydrogen-bond donors (Lipinski definition) is 1. The number of carbonyl (C=O) groups excluding carboxylic acids is 1. The average Bonchev–Trinajstić information content (AvgIpc) is 2.68. The quantitative estimate of drug-likeness (QED) is 0.663. The second-order valence-electron chi connectivity index (χ2n) is 5.96. The number of amides is 1. The Morgan fingerprint density at radius 3 is 2.31 bits per heavy atom. The Hall–Kier alpha value is -2.78. The van der Waals surface area contributed by atoms with E-state index in [4.69, 9.17) is 16.3 Å². The highest BCUT2D eigenvalue weighted by Gasteiger charge is 2.07. The number of para-hydroxylation sites is 1. The molecule has 0 heterocycles. The fraction of sp³-hybridized carbons (Fsp3) is 0.136. The van der Waals surface area contributed by atoms with Crippen LogP contribution in [0.15, 0.2) is 78.9 Å². The molecule has 0 atom stereocenters. The highest BCUT2D eigenvalue weighted by Crippen LogP contribution is 2.21. The molecule has 0 fully saturated rings. The maximum absolute atomic E-state index is 12.1. The molecular formula is C22H20ClNO2. The van der Waals surface area contributed by atoms with Gasteiger partial charge in [-0.3, -0.25) is 4.79 Å². The van der Waals surface area contributed by atoms with Crippen LogP contribution in [0.1, 0.15) is 16.7 Å². The van der Waals surface area contributed by atoms with Crippen molar-refractivity contribution in [2.75, 3.05) is 6.61 Å². The largest absolute Gasteiger partial charge is 0.483 e. The third kappa shape index (κ3) is 5.36. The van der Waals surface area contributed by atoms with Gasteiger partial charge in [0.05, 0.1) is 0 Å². The molecule has 1 N–H and O–H groups in total. The Morgan fingerprint density at radius 2 is 1.54 bits per heavy atom. The minimum atomic E-state index is -0.158. The van der Waals surface area contributed by atoms with Crippen molar-refractivity contribution >= 4 is 17.5 Å². The predicted octanol–water partition coefficient (Wildman–Crippen LogP) is 4.63. The monoisotopic (exact) mass is 365 g/mol. The molecule has 3 nitrogen and oxygen atoms in total. The molecule has 0 aliphatic heterocycles. The summed E-state index contributed by atoms with van der Waals surface area (Å²) in [6.45, 7) is 0.435. The van der Waals surface area contributed by atoms with Crippen molar-refractivity contribution in [1.82, 2.24) is 5.32 Å². The molecule has 0 bridgehead atoms. The lowest BCUT2D eigenvalue weighted by Gasteiger charge is -2.12. The lowest BCUT2D eigenvalue weighted by atomic mass is 10.0. The van der Waals surface area contributed by atoms with Gasteiger partial charge in [-0.05, 0) is 34.9 Å². The van der Waals surface area contributed by atoms with E-state index in [1.807, 2.05) is 54.6 Å². The summed E-state index contributed by atoms with van der Waals surface area (Å²) in [5.74, 6) is 0.576. The molecule has 3 rings (SSSR count). The molecule has 26 heavy (non-hydrogen) atoms. The minimum absolute atomic E-state index is 0.0145. The van der Waals surface area contributed by atoms with Crippen LogP contribution >= 0.6 is 11.6 Å². The van der Waals surface area contributed by atoms with Gasteiger partial charge in [0.1, 0.15) is 5.75 Å². The van der Waals surface area contributed by atoms with Crippen molar-refractivity contribution < 1.29 is 9.53 Å². The predicted molar refractivity (Wildman–Crippen MR) is 104 cm³/mol. The van der Waals surface area contributed by atoms with Gasteiger partial charge in [0.2, 0.25) is 0 Å². The summed E-state index contributed by atoms with van der Waals surface area (Å²) in [7, 11) is 0. The molecule has 4 heteroatoms. The van der Waals surface area contributed by atoms with E-state index in [2.05, 4.69) is 17.4 Å². The molecule has 0 unspecified atom stereocenters. The van der Waals surface area contributed by atoms with Gasteiger partial charge < -0.3 is 10.1 Å². The molecular weight excluding hydrogens is 346 g/mol. The van der Waals surface area contributed by atoms with E-state index in [0.717, 1.165) is 23.3 Å². The first-order chi connectivity index (χ1) is 12.7. The smallest absolute Gasteiger partial charge is 0.258 e. The van der Waals surface area contributed by atoms with Crippen LogP contribution in [0.5, 0.6) is 5.75 Å². The zero-order valence-corrected chi connectivity index (χ0v) is 15.1. The van der Waals surface area contributed by atoms with Crippen molar-refractivity contribution in [3.63, 3.8) is 0 Å². The van der Waals surface area contributed by atoms with Crippen LogP contribution in [-0.2, 0) is 17.8 Å². The molecule has 3 aromatic rings. The molecule has 0 aromatic heterocycles. The topological polar surface area (TPSA) is 38.3 Å². The van der Waals surface area contributed by atoms with E-state index in [1.54, 1.807) is 12.1 Å². The maximum atomic E-state index is 12.1. The number of hydrogen-bond acceptors (Lipinski definition) is 2. The molecule has 132 valence electrons. The molecule has 1 amide bonds. The van der Waals surface area contributed by atoms with Crippen molar-refractivity contribution in [2.24, 2.45) is 0 Å². The van der Waals surface area contributed by atoms with E-state index >= 15 is 0 Å². The standard InChI is InChI=1S/C22H20ClNO2/c23-20-12-10-18(11-13-20)15-24-22(25)16-26-21-9-5-4-8-19(21)14-17-6-2-1-3-7-17/h1-13H,14-16H2,(H,24,25). The highest BCUT2D eigenvalue weighted by atomic mass is 35.5. The second kappa shape index (κ2) is 9.07. The first kappa shape index (κ1) is 18.0. The number of ether oxygens (including phenoxy) is 1. The Labute approximate surface area is 158 Å². The third-order valence-electron chi connectivity index (χ3n) is 3.97. The van der Waals surface area contributed by atoms with E-state index in [-0.39, 0.29) is 12.5 Å². The van der Waals surface area contributed by atoms with Crippen LogP contribution in [0.4, 0.5) is 0 Å². The Balaban J connectivity index is 1.54. The van der Waals surface area contributed by atoms with Gasteiger partial charge in [-0.2, -0.15) is 0 Å². The molecule has 0 aliphatic rings. The van der Waals surface area contributed by atoms with Gasteiger partial charge >= 0.3 is 0 Å². The number of halogens is 1. The average molecular weight is 366 g/mol. The van der Waals surface area contributed by atoms with Crippen molar-refractivity contribution in [2.45, 2.75) is 13.0 Å². The maximum Gasteiger partial charge on any atom is 0.258 e. The third-order valence-corrected chi connectivity index (χ3v) is 4.22. The van der Waals surface area contributed by atoms with E-state index in [9.17, 15) is 4.79 Å². The van der Waals surface area contributed by atoms with E-state index in [1.165, 1.54) is 5.56 Å². The SMILES string of the molecule is O=C(COc1ccccc1Cc1ccccc1)NCc1ccc(Cl)cc1. The van der Waals surface area contributed by atoms with Crippen LogP contribution in [0, 0.1) is 0 Å². The minimum Gasteiger partial charge on any atom is -0.483 e. The van der Waals surface area contributed by atoms with Crippen molar-refractivity contribution in [1.29, 1.82) is 0 Å². The molecule has 0 spiro atoms. The summed E-state index contributed by atoms with van der Waals surface area (Å²) in [6, 6.07) is 25.4. The Bertz CT molecular complexity index is 848. The number of rotatable bonds is 7. The van der Waals surface area contributed by atoms with E-state index < -0.39 is 0 Å². The van der Waals surface area contributed by atoms with Crippen LogP contribution < -0.4 is 10.1 Å². The summed E-state index contributed by atoms with van der Waals surface area (Å²) in [5.41, 5.74) is 3.26. The second-order valence-corrected chi connectivity index (χ2v) is 6.40. The molecule has 0 saturated heterocycles. The summed E-state index contributed by atoms with van der Waals surface area (Å²) < 4.78 is 5.75. The lowest BCUT2D eigenvalue weighted by molar-refractivity contribution is -0.123. The first-order valence-corrected chi connectivity index (χ1v) is 8.84. The normalized spacial score (nSPS) is 10.3. The first-order valence-electron chi connectivity index (χ1n) is 8.46. The molecule has 0 saturated carbocycles. The fourth-order valence-corrected chi connectivity index (χ4v) is 2.73. The van der Waals surface area contributed by atoms with Gasteiger partial charge in [-0.25, -0.2) is 0 Å². The van der Waals surface area contributed by atoms with Crippen LogP contribution in [0.2, 0.25) is 5.02 Å². The van der Waals surface area contributed by atoms with Gasteiger partial charge in [0.15, 0.2) is 6.61 Å². The molecule has 3 aromatic carbocycles. The van der Waals surface area contributed by atoms with E-state index in [0.29, 0.717) is 11.6 Å². The zero-order valence-electron chi connectivity index (χ0n) is 14.3. The van der Waals surface area contributed by atoms with Gasteiger partial charge in [-0.1, -0.05) is 72.3 Å². The van der Waals surface area contributed by atoms with Gasteiger partial charge in [0.25, 0.3) is 5.91 Å². The zero-order chi connectivity index (χ0) is 18.2.